The second-order valence-corrected chi connectivity index (χ2v) is 3.71. The van der Waals surface area contributed by atoms with Crippen molar-refractivity contribution in [2.45, 2.75) is 25.7 Å². The third-order valence-electron chi connectivity index (χ3n) is 2.67. The van der Waals surface area contributed by atoms with Gasteiger partial charge in [0.05, 0.1) is 0 Å². The molecule has 1 rings (SSSR count). The average Bonchev–Trinajstić information content (AvgIpc) is 2.06. The fraction of sp³-hybridized carbons (Fsp3) is 0.800. The van der Waals surface area contributed by atoms with Gasteiger partial charge in [-0.2, -0.15) is 0 Å². The van der Waals surface area contributed by atoms with E-state index in [-0.39, 0.29) is 0 Å². The lowest BCUT2D eigenvalue weighted by molar-refractivity contribution is 0.279. The van der Waals surface area contributed by atoms with Crippen LogP contribution in [0.25, 0.3) is 0 Å². The van der Waals surface area contributed by atoms with E-state index in [0.29, 0.717) is 0 Å². The van der Waals surface area contributed by atoms with Crippen molar-refractivity contribution in [2.24, 2.45) is 21.8 Å². The van der Waals surface area contributed by atoms with Crippen molar-refractivity contribution >= 4 is 13.4 Å². The summed E-state index contributed by atoms with van der Waals surface area (Å²) in [5.74, 6) is 1.53. The first-order valence-corrected chi connectivity index (χ1v) is 4.71. The van der Waals surface area contributed by atoms with Gasteiger partial charge in [-0.1, -0.05) is 6.42 Å². The molecule has 12 heavy (non-hydrogen) atoms. The summed E-state index contributed by atoms with van der Waals surface area (Å²) in [5.41, 5.74) is 0. The highest BCUT2D eigenvalue weighted by atomic mass is 14.7. The molecule has 68 valence electrons. The summed E-state index contributed by atoms with van der Waals surface area (Å²) in [5, 5.41) is 0. The summed E-state index contributed by atoms with van der Waals surface area (Å²) >= 11 is 0. The van der Waals surface area contributed by atoms with Gasteiger partial charge in [0.15, 0.2) is 0 Å². The van der Waals surface area contributed by atoms with Crippen LogP contribution in [0.1, 0.15) is 25.7 Å². The van der Waals surface area contributed by atoms with E-state index in [9.17, 15) is 0 Å². The number of rotatable bonds is 4. The molecule has 0 aromatic rings. The van der Waals surface area contributed by atoms with Crippen LogP contribution in [0.2, 0.25) is 0 Å². The Morgan fingerprint density at radius 3 is 1.92 bits per heavy atom. The Kier molecular flexibility index (Phi) is 3.98. The molecule has 0 aliphatic heterocycles. The zero-order chi connectivity index (χ0) is 8.81. The molecule has 1 aliphatic carbocycles. The van der Waals surface area contributed by atoms with E-state index < -0.39 is 0 Å². The molecule has 2 heteroatoms. The van der Waals surface area contributed by atoms with E-state index in [1.807, 2.05) is 0 Å². The molecule has 0 N–H and O–H groups in total. The Morgan fingerprint density at radius 1 is 1.00 bits per heavy atom. The van der Waals surface area contributed by atoms with E-state index in [1.54, 1.807) is 0 Å². The van der Waals surface area contributed by atoms with Crippen LogP contribution in [-0.2, 0) is 0 Å². The lowest BCUT2D eigenvalue weighted by Gasteiger charge is -2.26. The van der Waals surface area contributed by atoms with Crippen molar-refractivity contribution in [3.8, 4) is 0 Å². The second-order valence-electron chi connectivity index (χ2n) is 3.71. The normalized spacial score (nSPS) is 29.7. The molecule has 0 aromatic heterocycles. The van der Waals surface area contributed by atoms with Crippen molar-refractivity contribution in [3.63, 3.8) is 0 Å². The zero-order valence-electron chi connectivity index (χ0n) is 7.71. The average molecular weight is 166 g/mol. The molecule has 1 saturated carbocycles. The third-order valence-corrected chi connectivity index (χ3v) is 2.67. The predicted octanol–water partition coefficient (Wildman–Crippen LogP) is 2.19. The molecule has 0 amide bonds. The van der Waals surface area contributed by atoms with Gasteiger partial charge in [-0.3, -0.25) is 0 Å². The van der Waals surface area contributed by atoms with Crippen molar-refractivity contribution in [1.82, 2.24) is 0 Å². The zero-order valence-corrected chi connectivity index (χ0v) is 7.71. The molecule has 0 saturated heterocycles. The molecule has 0 spiro atoms. The van der Waals surface area contributed by atoms with Gasteiger partial charge in [-0.05, 0) is 44.5 Å². The first-order valence-electron chi connectivity index (χ1n) is 4.71. The molecule has 0 aromatic carbocycles. The fourth-order valence-corrected chi connectivity index (χ4v) is 2.10. The minimum Gasteiger partial charge on any atom is -0.301 e. The minimum absolute atomic E-state index is 0.767. The van der Waals surface area contributed by atoms with Crippen molar-refractivity contribution in [2.75, 3.05) is 13.1 Å². The molecule has 2 unspecified atom stereocenters. The van der Waals surface area contributed by atoms with Crippen LogP contribution in [-0.4, -0.2) is 26.5 Å². The molecule has 2 atom stereocenters. The van der Waals surface area contributed by atoms with E-state index >= 15 is 0 Å². The first-order chi connectivity index (χ1) is 5.86. The Balaban J connectivity index is 2.29. The molecule has 0 bridgehead atoms. The first kappa shape index (κ1) is 9.43. The van der Waals surface area contributed by atoms with Crippen LogP contribution >= 0.6 is 0 Å². The van der Waals surface area contributed by atoms with Crippen molar-refractivity contribution in [3.05, 3.63) is 0 Å². The molecule has 0 radical (unpaired) electrons. The van der Waals surface area contributed by atoms with Gasteiger partial charge >= 0.3 is 0 Å². The Bertz CT molecular complexity index is 138. The summed E-state index contributed by atoms with van der Waals surface area (Å²) < 4.78 is 0. The topological polar surface area (TPSA) is 24.7 Å². The van der Waals surface area contributed by atoms with Gasteiger partial charge in [-0.15, -0.1) is 0 Å². The smallest absolute Gasteiger partial charge is 0.0410 e. The van der Waals surface area contributed by atoms with Crippen LogP contribution in [0.3, 0.4) is 0 Å². The maximum atomic E-state index is 3.96. The Hall–Kier alpha value is -0.660. The Morgan fingerprint density at radius 2 is 1.50 bits per heavy atom. The highest BCUT2D eigenvalue weighted by molar-refractivity contribution is 5.23. The molecular weight excluding hydrogens is 148 g/mol. The molecule has 1 aliphatic rings. The summed E-state index contributed by atoms with van der Waals surface area (Å²) in [4.78, 5) is 7.92. The van der Waals surface area contributed by atoms with Crippen LogP contribution in [0.15, 0.2) is 9.98 Å². The van der Waals surface area contributed by atoms with E-state index in [4.69, 9.17) is 0 Å². The van der Waals surface area contributed by atoms with Crippen LogP contribution in [0, 0.1) is 11.8 Å². The molecular formula is C10H18N2. The molecule has 0 heterocycles. The minimum atomic E-state index is 0.767. The predicted molar refractivity (Wildman–Crippen MR) is 54.3 cm³/mol. The van der Waals surface area contributed by atoms with Crippen LogP contribution < -0.4 is 0 Å². The monoisotopic (exact) mass is 166 g/mol. The highest BCUT2D eigenvalue weighted by Gasteiger charge is 2.20. The number of hydrogen-bond donors (Lipinski definition) is 0. The third kappa shape index (κ3) is 2.76. The van der Waals surface area contributed by atoms with Crippen molar-refractivity contribution < 1.29 is 0 Å². The summed E-state index contributed by atoms with van der Waals surface area (Å²) in [6.07, 6.45) is 5.26. The van der Waals surface area contributed by atoms with E-state index in [1.165, 1.54) is 25.7 Å². The van der Waals surface area contributed by atoms with Gasteiger partial charge in [0.1, 0.15) is 0 Å². The molecule has 1 fully saturated rings. The van der Waals surface area contributed by atoms with Gasteiger partial charge in [0.25, 0.3) is 0 Å². The van der Waals surface area contributed by atoms with Gasteiger partial charge in [0, 0.05) is 13.1 Å². The SMILES string of the molecule is C=NCC1CCCC(CN=C)C1. The lowest BCUT2D eigenvalue weighted by atomic mass is 9.81. The molecule has 2 nitrogen and oxygen atoms in total. The fourth-order valence-electron chi connectivity index (χ4n) is 2.10. The number of nitrogens with zero attached hydrogens (tertiary/aromatic N) is 2. The standard InChI is InChI=1S/C10H18N2/c1-11-7-9-4-3-5-10(6-9)8-12-2/h9-10H,1-8H2. The maximum Gasteiger partial charge on any atom is 0.0410 e. The van der Waals surface area contributed by atoms with E-state index in [0.717, 1.165) is 24.9 Å². The van der Waals surface area contributed by atoms with E-state index in [2.05, 4.69) is 23.4 Å². The summed E-state index contributed by atoms with van der Waals surface area (Å²) in [6, 6.07) is 0. The quantitative estimate of drug-likeness (QED) is 0.572. The summed E-state index contributed by atoms with van der Waals surface area (Å²) in [6.45, 7) is 8.96. The highest BCUT2D eigenvalue weighted by Crippen LogP contribution is 2.29. The van der Waals surface area contributed by atoms with Crippen LogP contribution in [0.4, 0.5) is 0 Å². The summed E-state index contributed by atoms with van der Waals surface area (Å²) in [7, 11) is 0. The Labute approximate surface area is 74.8 Å². The maximum absolute atomic E-state index is 3.96. The van der Waals surface area contributed by atoms with Crippen molar-refractivity contribution in [1.29, 1.82) is 0 Å². The van der Waals surface area contributed by atoms with Crippen LogP contribution in [0.5, 0.6) is 0 Å². The lowest BCUT2D eigenvalue weighted by Crippen LogP contribution is -2.19. The number of aliphatic imine (C=N–C) groups is 2. The van der Waals surface area contributed by atoms with Gasteiger partial charge in [0.2, 0.25) is 0 Å². The number of hydrogen-bond acceptors (Lipinski definition) is 2. The largest absolute Gasteiger partial charge is 0.301 e. The second kappa shape index (κ2) is 5.07. The van der Waals surface area contributed by atoms with Gasteiger partial charge < -0.3 is 9.98 Å². The van der Waals surface area contributed by atoms with Gasteiger partial charge in [-0.25, -0.2) is 0 Å².